The first-order valence-electron chi connectivity index (χ1n) is 5.94. The largest absolute Gasteiger partial charge is 0.475 e. The minimum atomic E-state index is -1.48. The van der Waals surface area contributed by atoms with Crippen LogP contribution in [0.2, 0.25) is 5.02 Å². The Bertz CT molecular complexity index is 497. The fraction of sp³-hybridized carbons (Fsp3) is 0.385. The van der Waals surface area contributed by atoms with E-state index >= 15 is 0 Å². The average molecular weight is 284 g/mol. The molecule has 1 heterocycles. The molecule has 1 aliphatic heterocycles. The van der Waals surface area contributed by atoms with E-state index in [4.69, 9.17) is 21.4 Å². The Morgan fingerprint density at radius 3 is 2.58 bits per heavy atom. The third-order valence-corrected chi connectivity index (χ3v) is 3.36. The molecule has 0 saturated carbocycles. The Hall–Kier alpha value is -1.43. The summed E-state index contributed by atoms with van der Waals surface area (Å²) in [7, 11) is 0. The smallest absolute Gasteiger partial charge is 0.377 e. The second kappa shape index (κ2) is 6.14. The lowest BCUT2D eigenvalue weighted by Gasteiger charge is -2.26. The first-order valence-corrected chi connectivity index (χ1v) is 6.32. The molecule has 1 aromatic rings. The van der Waals surface area contributed by atoms with Crippen LogP contribution in [0, 0.1) is 0 Å². The molecule has 0 radical (unpaired) electrons. The van der Waals surface area contributed by atoms with Gasteiger partial charge in [0.2, 0.25) is 0 Å². The Morgan fingerprint density at radius 2 is 2.00 bits per heavy atom. The van der Waals surface area contributed by atoms with Crippen molar-refractivity contribution in [2.45, 2.75) is 6.54 Å². The number of Topliss-reactive ketones (excluding diaryl/α,β-unsaturated/α-hetero) is 1. The van der Waals surface area contributed by atoms with E-state index in [-0.39, 0.29) is 5.56 Å². The SMILES string of the molecule is O=C(O)C(=O)c1ccc(CN2CCOCC2)c(Cl)c1. The molecule has 0 aromatic heterocycles. The van der Waals surface area contributed by atoms with Crippen LogP contribution in [0.25, 0.3) is 0 Å². The Balaban J connectivity index is 2.10. The highest BCUT2D eigenvalue weighted by molar-refractivity contribution is 6.40. The van der Waals surface area contributed by atoms with Gasteiger partial charge in [0.25, 0.3) is 5.78 Å². The Kier molecular flexibility index (Phi) is 4.52. The van der Waals surface area contributed by atoms with Crippen LogP contribution in [0.4, 0.5) is 0 Å². The van der Waals surface area contributed by atoms with Gasteiger partial charge in [-0.15, -0.1) is 0 Å². The van der Waals surface area contributed by atoms with Crippen molar-refractivity contribution in [1.82, 2.24) is 4.90 Å². The molecule has 2 rings (SSSR count). The van der Waals surface area contributed by atoms with Gasteiger partial charge in [0.15, 0.2) is 0 Å². The lowest BCUT2D eigenvalue weighted by atomic mass is 10.1. The lowest BCUT2D eigenvalue weighted by Crippen LogP contribution is -2.35. The molecule has 0 aliphatic carbocycles. The van der Waals surface area contributed by atoms with Crippen LogP contribution < -0.4 is 0 Å². The first-order chi connectivity index (χ1) is 9.08. The summed E-state index contributed by atoms with van der Waals surface area (Å²) >= 11 is 6.09. The van der Waals surface area contributed by atoms with Crippen molar-refractivity contribution in [3.8, 4) is 0 Å². The Labute approximate surface area is 115 Å². The number of rotatable bonds is 4. The number of ether oxygens (including phenoxy) is 1. The molecule has 6 heteroatoms. The molecular formula is C13H14ClNO4. The van der Waals surface area contributed by atoms with Crippen molar-refractivity contribution in [3.05, 3.63) is 34.3 Å². The number of halogens is 1. The number of nitrogens with zero attached hydrogens (tertiary/aromatic N) is 1. The summed E-state index contributed by atoms with van der Waals surface area (Å²) in [4.78, 5) is 24.1. The number of ketones is 1. The van der Waals surface area contributed by atoms with Crippen molar-refractivity contribution in [1.29, 1.82) is 0 Å². The van der Waals surface area contributed by atoms with Crippen molar-refractivity contribution in [2.24, 2.45) is 0 Å². The summed E-state index contributed by atoms with van der Waals surface area (Å²) in [6.45, 7) is 3.75. The van der Waals surface area contributed by atoms with Crippen LogP contribution in [-0.2, 0) is 16.1 Å². The number of aliphatic carboxylic acids is 1. The second-order valence-electron chi connectivity index (χ2n) is 4.33. The van der Waals surface area contributed by atoms with Crippen molar-refractivity contribution in [2.75, 3.05) is 26.3 Å². The molecule has 1 aliphatic rings. The van der Waals surface area contributed by atoms with E-state index in [1.165, 1.54) is 12.1 Å². The maximum absolute atomic E-state index is 11.3. The number of hydrogen-bond donors (Lipinski definition) is 1. The van der Waals surface area contributed by atoms with Gasteiger partial charge in [0.1, 0.15) is 0 Å². The topological polar surface area (TPSA) is 66.8 Å². The van der Waals surface area contributed by atoms with Crippen molar-refractivity contribution >= 4 is 23.4 Å². The molecule has 0 bridgehead atoms. The molecule has 1 fully saturated rings. The van der Waals surface area contributed by atoms with Gasteiger partial charge in [-0.05, 0) is 11.6 Å². The predicted octanol–water partition coefficient (Wildman–Crippen LogP) is 1.44. The average Bonchev–Trinajstić information content (AvgIpc) is 2.41. The summed E-state index contributed by atoms with van der Waals surface area (Å²) in [5, 5.41) is 9.06. The van der Waals surface area contributed by atoms with Crippen molar-refractivity contribution in [3.63, 3.8) is 0 Å². The van der Waals surface area contributed by atoms with Gasteiger partial charge >= 0.3 is 5.97 Å². The minimum Gasteiger partial charge on any atom is -0.475 e. The minimum absolute atomic E-state index is 0.100. The third kappa shape index (κ3) is 3.53. The van der Waals surface area contributed by atoms with Gasteiger partial charge in [-0.1, -0.05) is 23.7 Å². The van der Waals surface area contributed by atoms with Gasteiger partial charge in [0, 0.05) is 30.2 Å². The molecule has 0 spiro atoms. The maximum Gasteiger partial charge on any atom is 0.377 e. The van der Waals surface area contributed by atoms with E-state index in [1.807, 2.05) is 0 Å². The molecule has 19 heavy (non-hydrogen) atoms. The van der Waals surface area contributed by atoms with Crippen LogP contribution in [0.15, 0.2) is 18.2 Å². The highest BCUT2D eigenvalue weighted by Crippen LogP contribution is 2.20. The number of carboxylic acid groups (broad SMARTS) is 1. The molecule has 5 nitrogen and oxygen atoms in total. The molecular weight excluding hydrogens is 270 g/mol. The van der Waals surface area contributed by atoms with Gasteiger partial charge in [-0.25, -0.2) is 4.79 Å². The Morgan fingerprint density at radius 1 is 1.32 bits per heavy atom. The van der Waals surface area contributed by atoms with E-state index in [1.54, 1.807) is 6.07 Å². The van der Waals surface area contributed by atoms with Crippen LogP contribution in [0.1, 0.15) is 15.9 Å². The predicted molar refractivity (Wildman–Crippen MR) is 69.5 cm³/mol. The van der Waals surface area contributed by atoms with E-state index < -0.39 is 11.8 Å². The van der Waals surface area contributed by atoms with Gasteiger partial charge in [-0.3, -0.25) is 9.69 Å². The lowest BCUT2D eigenvalue weighted by molar-refractivity contribution is -0.131. The summed E-state index contributed by atoms with van der Waals surface area (Å²) in [6, 6.07) is 4.61. The van der Waals surface area contributed by atoms with E-state index in [2.05, 4.69) is 4.90 Å². The summed E-state index contributed by atoms with van der Waals surface area (Å²) in [5.74, 6) is -2.42. The fourth-order valence-corrected chi connectivity index (χ4v) is 2.18. The fourth-order valence-electron chi connectivity index (χ4n) is 1.94. The van der Waals surface area contributed by atoms with Gasteiger partial charge in [-0.2, -0.15) is 0 Å². The van der Waals surface area contributed by atoms with Crippen LogP contribution in [-0.4, -0.2) is 48.1 Å². The maximum atomic E-state index is 11.3. The third-order valence-electron chi connectivity index (χ3n) is 3.01. The van der Waals surface area contributed by atoms with Crippen LogP contribution in [0.3, 0.4) is 0 Å². The highest BCUT2D eigenvalue weighted by Gasteiger charge is 2.17. The quantitative estimate of drug-likeness (QED) is 0.669. The normalized spacial score (nSPS) is 16.3. The molecule has 0 atom stereocenters. The number of carbonyl (C=O) groups is 2. The molecule has 1 aromatic carbocycles. The standard InChI is InChI=1S/C13H14ClNO4/c14-11-7-9(12(16)13(17)18)1-2-10(11)8-15-3-5-19-6-4-15/h1-2,7H,3-6,8H2,(H,17,18). The summed E-state index contributed by atoms with van der Waals surface area (Å²) in [5.41, 5.74) is 0.980. The van der Waals surface area contributed by atoms with Crippen molar-refractivity contribution < 1.29 is 19.4 Å². The number of morpholine rings is 1. The molecule has 1 N–H and O–H groups in total. The number of benzene rings is 1. The van der Waals surface area contributed by atoms with Gasteiger partial charge in [0.05, 0.1) is 13.2 Å². The van der Waals surface area contributed by atoms with E-state index in [9.17, 15) is 9.59 Å². The van der Waals surface area contributed by atoms with Gasteiger partial charge < -0.3 is 9.84 Å². The van der Waals surface area contributed by atoms with E-state index in [0.29, 0.717) is 24.8 Å². The number of carbonyl (C=O) groups excluding carboxylic acids is 1. The zero-order chi connectivity index (χ0) is 13.8. The number of carboxylic acids is 1. The summed E-state index contributed by atoms with van der Waals surface area (Å²) in [6.07, 6.45) is 0. The second-order valence-corrected chi connectivity index (χ2v) is 4.74. The number of hydrogen-bond acceptors (Lipinski definition) is 4. The zero-order valence-electron chi connectivity index (χ0n) is 10.3. The van der Waals surface area contributed by atoms with Crippen LogP contribution >= 0.6 is 11.6 Å². The zero-order valence-corrected chi connectivity index (χ0v) is 11.0. The van der Waals surface area contributed by atoms with E-state index in [0.717, 1.165) is 18.7 Å². The molecule has 0 unspecified atom stereocenters. The first kappa shape index (κ1) is 14.0. The highest BCUT2D eigenvalue weighted by atomic mass is 35.5. The van der Waals surface area contributed by atoms with Crippen LogP contribution in [0.5, 0.6) is 0 Å². The monoisotopic (exact) mass is 283 g/mol. The molecule has 0 amide bonds. The summed E-state index contributed by atoms with van der Waals surface area (Å²) < 4.78 is 5.26. The molecule has 102 valence electrons. The molecule has 1 saturated heterocycles.